The van der Waals surface area contributed by atoms with Crippen LogP contribution in [0.25, 0.3) is 21.5 Å². The summed E-state index contributed by atoms with van der Waals surface area (Å²) in [5.74, 6) is -2.35. The van der Waals surface area contributed by atoms with E-state index in [2.05, 4.69) is 6.07 Å². The number of carbonyl (C=O) groups is 2. The highest BCUT2D eigenvalue weighted by atomic mass is 16.5. The number of rotatable bonds is 3. The van der Waals surface area contributed by atoms with Gasteiger partial charge in [-0.15, -0.1) is 0 Å². The van der Waals surface area contributed by atoms with Crippen molar-refractivity contribution in [2.75, 3.05) is 0 Å². The molecule has 0 spiro atoms. The molecule has 0 radical (unpaired) electrons. The topological polar surface area (TPSA) is 63.6 Å². The molecule has 142 valence electrons. The maximum atomic E-state index is 13.0. The highest BCUT2D eigenvalue weighted by Crippen LogP contribution is 2.38. The zero-order valence-corrected chi connectivity index (χ0v) is 15.9. The lowest BCUT2D eigenvalue weighted by Gasteiger charge is -2.26. The van der Waals surface area contributed by atoms with Gasteiger partial charge < -0.3 is 9.84 Å². The molecule has 4 nitrogen and oxygen atoms in total. The Bertz CT molecular complexity index is 1130. The van der Waals surface area contributed by atoms with Crippen molar-refractivity contribution in [2.45, 2.75) is 26.7 Å². The number of aryl methyl sites for hydroxylation is 1. The fourth-order valence-electron chi connectivity index (χ4n) is 4.07. The Morgan fingerprint density at radius 1 is 0.964 bits per heavy atom. The van der Waals surface area contributed by atoms with Crippen LogP contribution in [0, 0.1) is 18.8 Å². The Kier molecular flexibility index (Phi) is 4.63. The van der Waals surface area contributed by atoms with Crippen LogP contribution in [0.15, 0.2) is 60.2 Å². The van der Waals surface area contributed by atoms with Gasteiger partial charge in [0, 0.05) is 10.8 Å². The molecule has 0 heterocycles. The first kappa shape index (κ1) is 18.2. The standard InChI is InChI=1S/C24H22O4/c1-14-10-11-19(21(12-14)23(25)26)24(27)28-22-17-8-4-3-7-16(17)13-20-15(2)6-5-9-18(20)22/h3-10,13,19,21H,11-12H2,1-2H3,(H,25,26). The molecule has 28 heavy (non-hydrogen) atoms. The maximum Gasteiger partial charge on any atom is 0.315 e. The van der Waals surface area contributed by atoms with E-state index in [0.717, 1.165) is 32.7 Å². The van der Waals surface area contributed by atoms with Crippen molar-refractivity contribution in [1.29, 1.82) is 0 Å². The predicted octanol–water partition coefficient (Wildman–Crippen LogP) is 5.26. The zero-order valence-electron chi connectivity index (χ0n) is 15.9. The zero-order chi connectivity index (χ0) is 19.8. The van der Waals surface area contributed by atoms with Crippen molar-refractivity contribution >= 4 is 33.5 Å². The van der Waals surface area contributed by atoms with Crippen molar-refractivity contribution in [1.82, 2.24) is 0 Å². The summed E-state index contributed by atoms with van der Waals surface area (Å²) in [5.41, 5.74) is 2.10. The number of allylic oxidation sites excluding steroid dienone is 2. The first-order valence-electron chi connectivity index (χ1n) is 9.47. The van der Waals surface area contributed by atoms with Gasteiger partial charge in [-0.1, -0.05) is 54.1 Å². The number of ether oxygens (including phenoxy) is 1. The largest absolute Gasteiger partial charge is 0.481 e. The summed E-state index contributed by atoms with van der Waals surface area (Å²) in [6, 6.07) is 15.8. The Hall–Kier alpha value is -3.14. The molecule has 3 aromatic carbocycles. The van der Waals surface area contributed by atoms with Crippen molar-refractivity contribution in [2.24, 2.45) is 11.8 Å². The summed E-state index contributed by atoms with van der Waals surface area (Å²) in [5, 5.41) is 13.3. The van der Waals surface area contributed by atoms with Crippen LogP contribution < -0.4 is 4.74 Å². The van der Waals surface area contributed by atoms with Gasteiger partial charge in [0.05, 0.1) is 11.8 Å². The molecule has 4 rings (SSSR count). The van der Waals surface area contributed by atoms with E-state index in [1.165, 1.54) is 0 Å². The number of hydrogen-bond acceptors (Lipinski definition) is 3. The van der Waals surface area contributed by atoms with Crippen molar-refractivity contribution in [3.8, 4) is 5.75 Å². The van der Waals surface area contributed by atoms with Crippen LogP contribution in [0.5, 0.6) is 5.75 Å². The molecule has 2 atom stereocenters. The molecule has 0 aromatic heterocycles. The van der Waals surface area contributed by atoms with Crippen molar-refractivity contribution < 1.29 is 19.4 Å². The second kappa shape index (κ2) is 7.12. The molecule has 0 amide bonds. The van der Waals surface area contributed by atoms with Gasteiger partial charge in [0.25, 0.3) is 0 Å². The van der Waals surface area contributed by atoms with Gasteiger partial charge >= 0.3 is 11.9 Å². The number of aliphatic carboxylic acids is 1. The SMILES string of the molecule is CC1=CCC(C(=O)Oc2c3ccccc3cc3c(C)cccc23)C(C(=O)O)C1. The van der Waals surface area contributed by atoms with Crippen LogP contribution in [-0.4, -0.2) is 17.0 Å². The molecule has 3 aromatic rings. The number of hydrogen-bond donors (Lipinski definition) is 1. The third-order valence-corrected chi connectivity index (χ3v) is 5.64. The molecule has 0 saturated heterocycles. The van der Waals surface area contributed by atoms with E-state index in [1.54, 1.807) is 0 Å². The van der Waals surface area contributed by atoms with E-state index in [0.29, 0.717) is 18.6 Å². The van der Waals surface area contributed by atoms with Crippen molar-refractivity contribution in [3.05, 3.63) is 65.7 Å². The maximum absolute atomic E-state index is 13.0. The average molecular weight is 374 g/mol. The van der Waals surface area contributed by atoms with Gasteiger partial charge in [0.15, 0.2) is 0 Å². The number of carbonyl (C=O) groups excluding carboxylic acids is 1. The molecule has 0 fully saturated rings. The van der Waals surface area contributed by atoms with Gasteiger partial charge in [-0.2, -0.15) is 0 Å². The third kappa shape index (κ3) is 3.15. The lowest BCUT2D eigenvalue weighted by molar-refractivity contribution is -0.152. The normalized spacial score (nSPS) is 19.4. The summed E-state index contributed by atoms with van der Waals surface area (Å²) in [6.07, 6.45) is 2.71. The molecule has 1 aliphatic carbocycles. The van der Waals surface area contributed by atoms with Crippen LogP contribution in [0.4, 0.5) is 0 Å². The van der Waals surface area contributed by atoms with E-state index in [4.69, 9.17) is 4.74 Å². The Morgan fingerprint density at radius 2 is 1.71 bits per heavy atom. The number of fused-ring (bicyclic) bond motifs is 2. The highest BCUT2D eigenvalue weighted by Gasteiger charge is 2.37. The Labute approximate surface area is 163 Å². The van der Waals surface area contributed by atoms with Gasteiger partial charge in [-0.3, -0.25) is 9.59 Å². The molecule has 0 aliphatic heterocycles. The number of benzene rings is 3. The summed E-state index contributed by atoms with van der Waals surface area (Å²) < 4.78 is 5.92. The fraction of sp³-hybridized carbons (Fsp3) is 0.250. The quantitative estimate of drug-likeness (QED) is 0.294. The molecule has 2 unspecified atom stereocenters. The first-order valence-corrected chi connectivity index (χ1v) is 9.47. The predicted molar refractivity (Wildman–Crippen MR) is 109 cm³/mol. The molecule has 1 aliphatic rings. The minimum atomic E-state index is -0.951. The Morgan fingerprint density at radius 3 is 2.50 bits per heavy atom. The summed E-state index contributed by atoms with van der Waals surface area (Å²) in [4.78, 5) is 24.7. The second-order valence-electron chi connectivity index (χ2n) is 7.56. The summed E-state index contributed by atoms with van der Waals surface area (Å²) in [6.45, 7) is 3.93. The van der Waals surface area contributed by atoms with Gasteiger partial charge in [0.1, 0.15) is 5.75 Å². The van der Waals surface area contributed by atoms with Crippen LogP contribution in [0.2, 0.25) is 0 Å². The lowest BCUT2D eigenvalue weighted by atomic mass is 9.80. The van der Waals surface area contributed by atoms with E-state index in [9.17, 15) is 14.7 Å². The van der Waals surface area contributed by atoms with E-state index < -0.39 is 23.8 Å². The van der Waals surface area contributed by atoms with Crippen LogP contribution in [0.3, 0.4) is 0 Å². The molecular weight excluding hydrogens is 352 g/mol. The summed E-state index contributed by atoms with van der Waals surface area (Å²) in [7, 11) is 0. The molecule has 1 N–H and O–H groups in total. The first-order chi connectivity index (χ1) is 13.5. The van der Waals surface area contributed by atoms with Crippen LogP contribution in [0.1, 0.15) is 25.3 Å². The fourth-order valence-corrected chi connectivity index (χ4v) is 4.07. The van der Waals surface area contributed by atoms with E-state index >= 15 is 0 Å². The molecule has 4 heteroatoms. The van der Waals surface area contributed by atoms with Gasteiger partial charge in [-0.25, -0.2) is 0 Å². The smallest absolute Gasteiger partial charge is 0.315 e. The highest BCUT2D eigenvalue weighted by molar-refractivity contribution is 6.07. The monoisotopic (exact) mass is 374 g/mol. The third-order valence-electron chi connectivity index (χ3n) is 5.64. The van der Waals surface area contributed by atoms with Gasteiger partial charge in [0.2, 0.25) is 0 Å². The van der Waals surface area contributed by atoms with Crippen LogP contribution in [-0.2, 0) is 9.59 Å². The Balaban J connectivity index is 1.81. The minimum absolute atomic E-state index is 0.379. The number of esters is 1. The number of carboxylic acid groups (broad SMARTS) is 1. The van der Waals surface area contributed by atoms with Crippen molar-refractivity contribution in [3.63, 3.8) is 0 Å². The number of carboxylic acids is 1. The van der Waals surface area contributed by atoms with E-state index in [-0.39, 0.29) is 0 Å². The molecular formula is C24H22O4. The summed E-state index contributed by atoms with van der Waals surface area (Å²) >= 11 is 0. The average Bonchev–Trinajstić information content (AvgIpc) is 2.68. The van der Waals surface area contributed by atoms with E-state index in [1.807, 2.05) is 62.4 Å². The van der Waals surface area contributed by atoms with Gasteiger partial charge in [-0.05, 0) is 49.1 Å². The lowest BCUT2D eigenvalue weighted by Crippen LogP contribution is -2.34. The second-order valence-corrected chi connectivity index (χ2v) is 7.56. The minimum Gasteiger partial charge on any atom is -0.481 e. The van der Waals surface area contributed by atoms with Crippen LogP contribution >= 0.6 is 0 Å². The molecule has 0 saturated carbocycles. The molecule has 0 bridgehead atoms.